The number of fused-ring (bicyclic) bond motifs is 1. The quantitative estimate of drug-likeness (QED) is 0.572. The molecule has 1 heterocycles. The lowest BCUT2D eigenvalue weighted by atomic mass is 9.97. The normalized spacial score (nSPS) is 12.5. The fourth-order valence-corrected chi connectivity index (χ4v) is 2.66. The number of pyridine rings is 1. The standard InChI is InChI=1S/C16H14ClN3/c17-14-9-2-1-7-12(14)16(20-18)13-8-3-5-11-6-4-10-19-15(11)13/h1-10,16,20H,18H2. The number of benzene rings is 2. The molecule has 3 aromatic rings. The Balaban J connectivity index is 2.20. The molecule has 1 aromatic heterocycles. The van der Waals surface area contributed by atoms with Crippen molar-refractivity contribution in [3.63, 3.8) is 0 Å². The number of hydrogen-bond acceptors (Lipinski definition) is 3. The van der Waals surface area contributed by atoms with E-state index in [0.717, 1.165) is 22.0 Å². The highest BCUT2D eigenvalue weighted by Crippen LogP contribution is 2.31. The van der Waals surface area contributed by atoms with E-state index in [9.17, 15) is 0 Å². The van der Waals surface area contributed by atoms with E-state index in [1.807, 2.05) is 54.6 Å². The second-order valence-electron chi connectivity index (χ2n) is 4.54. The maximum Gasteiger partial charge on any atom is 0.0753 e. The average Bonchev–Trinajstić information content (AvgIpc) is 2.50. The molecule has 0 saturated heterocycles. The predicted octanol–water partition coefficient (Wildman–Crippen LogP) is 3.44. The van der Waals surface area contributed by atoms with Gasteiger partial charge in [-0.3, -0.25) is 10.8 Å². The fourth-order valence-electron chi connectivity index (χ4n) is 2.42. The minimum atomic E-state index is -0.192. The van der Waals surface area contributed by atoms with E-state index in [2.05, 4.69) is 10.4 Å². The van der Waals surface area contributed by atoms with Crippen LogP contribution in [0.15, 0.2) is 60.8 Å². The van der Waals surface area contributed by atoms with Crippen molar-refractivity contribution in [2.75, 3.05) is 0 Å². The molecule has 3 nitrogen and oxygen atoms in total. The number of nitrogens with zero attached hydrogens (tertiary/aromatic N) is 1. The molecular weight excluding hydrogens is 270 g/mol. The summed E-state index contributed by atoms with van der Waals surface area (Å²) < 4.78 is 0. The SMILES string of the molecule is NNC(c1ccccc1Cl)c1cccc2cccnc12. The molecular formula is C16H14ClN3. The van der Waals surface area contributed by atoms with Gasteiger partial charge >= 0.3 is 0 Å². The zero-order chi connectivity index (χ0) is 13.9. The highest BCUT2D eigenvalue weighted by molar-refractivity contribution is 6.31. The van der Waals surface area contributed by atoms with Crippen molar-refractivity contribution in [1.29, 1.82) is 0 Å². The lowest BCUT2D eigenvalue weighted by Gasteiger charge is -2.19. The van der Waals surface area contributed by atoms with Crippen molar-refractivity contribution < 1.29 is 0 Å². The number of nitrogens with two attached hydrogens (primary N) is 1. The molecule has 0 aliphatic rings. The minimum Gasteiger partial charge on any atom is -0.271 e. The summed E-state index contributed by atoms with van der Waals surface area (Å²) in [4.78, 5) is 4.47. The highest BCUT2D eigenvalue weighted by Gasteiger charge is 2.17. The summed E-state index contributed by atoms with van der Waals surface area (Å²) >= 11 is 6.28. The molecule has 2 aromatic carbocycles. The molecule has 0 fully saturated rings. The van der Waals surface area contributed by atoms with Crippen LogP contribution in [-0.4, -0.2) is 4.98 Å². The van der Waals surface area contributed by atoms with Crippen molar-refractivity contribution in [2.24, 2.45) is 5.84 Å². The van der Waals surface area contributed by atoms with E-state index in [0.29, 0.717) is 5.02 Å². The Bertz CT molecular complexity index is 737. The summed E-state index contributed by atoms with van der Waals surface area (Å²) in [6, 6.07) is 17.5. The van der Waals surface area contributed by atoms with Crippen molar-refractivity contribution in [3.8, 4) is 0 Å². The van der Waals surface area contributed by atoms with E-state index in [1.165, 1.54) is 0 Å². The van der Waals surface area contributed by atoms with Crippen LogP contribution >= 0.6 is 11.6 Å². The third-order valence-corrected chi connectivity index (χ3v) is 3.70. The van der Waals surface area contributed by atoms with Gasteiger partial charge in [0.15, 0.2) is 0 Å². The van der Waals surface area contributed by atoms with Crippen LogP contribution < -0.4 is 11.3 Å². The predicted molar refractivity (Wildman–Crippen MR) is 82.4 cm³/mol. The van der Waals surface area contributed by atoms with Crippen molar-refractivity contribution in [1.82, 2.24) is 10.4 Å². The highest BCUT2D eigenvalue weighted by atomic mass is 35.5. The molecule has 0 amide bonds. The molecule has 0 aliphatic carbocycles. The summed E-state index contributed by atoms with van der Waals surface area (Å²) in [6.45, 7) is 0. The Morgan fingerprint density at radius 3 is 2.50 bits per heavy atom. The molecule has 4 heteroatoms. The molecule has 3 N–H and O–H groups in total. The van der Waals surface area contributed by atoms with Crippen LogP contribution in [0.3, 0.4) is 0 Å². The first-order chi connectivity index (χ1) is 9.81. The number of hydrazine groups is 1. The Labute approximate surface area is 122 Å². The molecule has 100 valence electrons. The Kier molecular flexibility index (Phi) is 3.65. The van der Waals surface area contributed by atoms with Crippen LogP contribution in [0.25, 0.3) is 10.9 Å². The smallest absolute Gasteiger partial charge is 0.0753 e. The molecule has 20 heavy (non-hydrogen) atoms. The van der Waals surface area contributed by atoms with E-state index >= 15 is 0 Å². The first kappa shape index (κ1) is 13.1. The fraction of sp³-hybridized carbons (Fsp3) is 0.0625. The summed E-state index contributed by atoms with van der Waals surface area (Å²) in [6.07, 6.45) is 1.78. The van der Waals surface area contributed by atoms with E-state index in [4.69, 9.17) is 17.4 Å². The maximum atomic E-state index is 6.28. The van der Waals surface area contributed by atoms with Crippen LogP contribution in [0, 0.1) is 0 Å². The van der Waals surface area contributed by atoms with E-state index in [-0.39, 0.29) is 6.04 Å². The number of halogens is 1. The van der Waals surface area contributed by atoms with Crippen LogP contribution in [-0.2, 0) is 0 Å². The van der Waals surface area contributed by atoms with Crippen LogP contribution in [0.5, 0.6) is 0 Å². The lowest BCUT2D eigenvalue weighted by molar-refractivity contribution is 0.640. The Morgan fingerprint density at radius 2 is 1.70 bits per heavy atom. The molecule has 0 saturated carbocycles. The van der Waals surface area contributed by atoms with Crippen LogP contribution in [0.4, 0.5) is 0 Å². The van der Waals surface area contributed by atoms with Crippen LogP contribution in [0.1, 0.15) is 17.2 Å². The monoisotopic (exact) mass is 283 g/mol. The van der Waals surface area contributed by atoms with Gasteiger partial charge in [-0.1, -0.05) is 54.1 Å². The van der Waals surface area contributed by atoms with Gasteiger partial charge in [-0.25, -0.2) is 5.43 Å². The van der Waals surface area contributed by atoms with Gasteiger partial charge in [-0.15, -0.1) is 0 Å². The third kappa shape index (κ3) is 2.27. The van der Waals surface area contributed by atoms with Crippen molar-refractivity contribution >= 4 is 22.5 Å². The molecule has 3 rings (SSSR count). The largest absolute Gasteiger partial charge is 0.271 e. The first-order valence-electron chi connectivity index (χ1n) is 6.35. The van der Waals surface area contributed by atoms with Gasteiger partial charge < -0.3 is 0 Å². The van der Waals surface area contributed by atoms with Gasteiger partial charge in [0.2, 0.25) is 0 Å². The third-order valence-electron chi connectivity index (χ3n) is 3.36. The van der Waals surface area contributed by atoms with Gasteiger partial charge in [0.1, 0.15) is 0 Å². The zero-order valence-corrected chi connectivity index (χ0v) is 11.5. The topological polar surface area (TPSA) is 50.9 Å². The van der Waals surface area contributed by atoms with Gasteiger partial charge in [-0.2, -0.15) is 0 Å². The van der Waals surface area contributed by atoms with E-state index < -0.39 is 0 Å². The summed E-state index contributed by atoms with van der Waals surface area (Å²) in [5, 5.41) is 1.76. The summed E-state index contributed by atoms with van der Waals surface area (Å²) in [7, 11) is 0. The number of para-hydroxylation sites is 1. The lowest BCUT2D eigenvalue weighted by Crippen LogP contribution is -2.29. The molecule has 1 unspecified atom stereocenters. The van der Waals surface area contributed by atoms with Gasteiger partial charge in [0.25, 0.3) is 0 Å². The van der Waals surface area contributed by atoms with Crippen molar-refractivity contribution in [3.05, 3.63) is 76.9 Å². The molecule has 0 radical (unpaired) electrons. The summed E-state index contributed by atoms with van der Waals surface area (Å²) in [5.74, 6) is 5.76. The molecule has 0 spiro atoms. The molecule has 0 aliphatic heterocycles. The Hall–Kier alpha value is -1.94. The molecule has 1 atom stereocenters. The Morgan fingerprint density at radius 1 is 0.950 bits per heavy atom. The number of nitrogens with one attached hydrogen (secondary N) is 1. The second-order valence-corrected chi connectivity index (χ2v) is 4.95. The summed E-state index contributed by atoms with van der Waals surface area (Å²) in [5.41, 5.74) is 5.72. The van der Waals surface area contributed by atoms with Crippen molar-refractivity contribution in [2.45, 2.75) is 6.04 Å². The average molecular weight is 284 g/mol. The second kappa shape index (κ2) is 5.59. The van der Waals surface area contributed by atoms with E-state index in [1.54, 1.807) is 6.20 Å². The number of rotatable bonds is 3. The minimum absolute atomic E-state index is 0.192. The molecule has 0 bridgehead atoms. The zero-order valence-electron chi connectivity index (χ0n) is 10.8. The van der Waals surface area contributed by atoms with Gasteiger partial charge in [-0.05, 0) is 17.7 Å². The van der Waals surface area contributed by atoms with Gasteiger partial charge in [0.05, 0.1) is 11.6 Å². The van der Waals surface area contributed by atoms with Crippen LogP contribution in [0.2, 0.25) is 5.02 Å². The number of hydrogen-bond donors (Lipinski definition) is 2. The number of aromatic nitrogens is 1. The first-order valence-corrected chi connectivity index (χ1v) is 6.73. The maximum absolute atomic E-state index is 6.28. The van der Waals surface area contributed by atoms with Gasteiger partial charge in [0, 0.05) is 22.2 Å².